The van der Waals surface area contributed by atoms with Gasteiger partial charge in [-0.25, -0.2) is 4.79 Å². The molecule has 0 aliphatic carbocycles. The third kappa shape index (κ3) is 1.80. The number of hydrogen-bond acceptors (Lipinski definition) is 3. The third-order valence-corrected chi connectivity index (χ3v) is 4.29. The van der Waals surface area contributed by atoms with Crippen LogP contribution in [-0.4, -0.2) is 26.5 Å². The Kier molecular flexibility index (Phi) is 2.63. The molecule has 0 bridgehead atoms. The molecular weight excluding hydrogens is 248 g/mol. The maximum Gasteiger partial charge on any atom is 0.353 e. The molecule has 18 heavy (non-hydrogen) atoms. The summed E-state index contributed by atoms with van der Waals surface area (Å²) in [6, 6.07) is 7.70. The van der Waals surface area contributed by atoms with Crippen LogP contribution in [0.3, 0.4) is 0 Å². The first-order valence-electron chi connectivity index (χ1n) is 5.73. The number of aromatic amines is 1. The zero-order valence-electron chi connectivity index (χ0n) is 9.80. The first-order valence-corrected chi connectivity index (χ1v) is 6.60. The van der Waals surface area contributed by atoms with Crippen molar-refractivity contribution in [1.82, 2.24) is 10.2 Å². The van der Waals surface area contributed by atoms with Crippen LogP contribution in [0.4, 0.5) is 0 Å². The van der Waals surface area contributed by atoms with Gasteiger partial charge in [-0.15, -0.1) is 11.8 Å². The van der Waals surface area contributed by atoms with E-state index in [1.54, 1.807) is 6.07 Å². The highest BCUT2D eigenvalue weighted by molar-refractivity contribution is 8.00. The molecule has 1 aromatic carbocycles. The molecule has 0 saturated carbocycles. The molecule has 0 spiro atoms. The predicted molar refractivity (Wildman–Crippen MR) is 70.0 cm³/mol. The van der Waals surface area contributed by atoms with Gasteiger partial charge in [0.15, 0.2) is 0 Å². The van der Waals surface area contributed by atoms with Gasteiger partial charge in [0.2, 0.25) is 0 Å². The lowest BCUT2D eigenvalue weighted by Crippen LogP contribution is -1.95. The second kappa shape index (κ2) is 4.17. The Bertz CT molecular complexity index is 621. The highest BCUT2D eigenvalue weighted by Crippen LogP contribution is 2.42. The number of aromatic nitrogens is 2. The summed E-state index contributed by atoms with van der Waals surface area (Å²) >= 11 is 1.83. The lowest BCUT2D eigenvalue weighted by molar-refractivity contribution is 0.0690. The summed E-state index contributed by atoms with van der Waals surface area (Å²) in [6.45, 7) is 2.20. The number of carboxylic acids is 1. The van der Waals surface area contributed by atoms with Gasteiger partial charge in [0.25, 0.3) is 0 Å². The Morgan fingerprint density at radius 2 is 2.39 bits per heavy atom. The van der Waals surface area contributed by atoms with Crippen molar-refractivity contribution in [3.8, 4) is 11.3 Å². The van der Waals surface area contributed by atoms with Crippen LogP contribution >= 0.6 is 11.8 Å². The second-order valence-electron chi connectivity index (χ2n) is 4.40. The van der Waals surface area contributed by atoms with Crippen LogP contribution in [0.25, 0.3) is 11.3 Å². The summed E-state index contributed by atoms with van der Waals surface area (Å²) in [4.78, 5) is 12.1. The lowest BCUT2D eigenvalue weighted by Gasteiger charge is -2.04. The van der Waals surface area contributed by atoms with Crippen LogP contribution in [0, 0.1) is 0 Å². The quantitative estimate of drug-likeness (QED) is 0.871. The molecule has 2 N–H and O–H groups in total. The van der Waals surface area contributed by atoms with Crippen molar-refractivity contribution in [2.75, 3.05) is 0 Å². The maximum absolute atomic E-state index is 10.9. The molecular formula is C13H12N2O2S. The van der Waals surface area contributed by atoms with E-state index in [9.17, 15) is 4.79 Å². The van der Waals surface area contributed by atoms with Gasteiger partial charge in [0, 0.05) is 15.7 Å². The summed E-state index contributed by atoms with van der Waals surface area (Å²) in [5.74, 6) is -0.984. The number of nitrogens with one attached hydrogen (secondary N) is 1. The Balaban J connectivity index is 2.07. The number of hydrogen-bond donors (Lipinski definition) is 2. The number of benzene rings is 1. The van der Waals surface area contributed by atoms with Crippen molar-refractivity contribution in [1.29, 1.82) is 0 Å². The molecule has 1 unspecified atom stereocenters. The number of rotatable bonds is 2. The van der Waals surface area contributed by atoms with Crippen molar-refractivity contribution in [2.24, 2.45) is 0 Å². The molecule has 1 atom stereocenters. The SMILES string of the molecule is CC1Cc2cccc(-c3cc(C(=O)O)[nH]n3)c2S1. The molecule has 0 amide bonds. The Morgan fingerprint density at radius 3 is 3.11 bits per heavy atom. The second-order valence-corrected chi connectivity index (χ2v) is 5.85. The minimum atomic E-state index is -0.984. The van der Waals surface area contributed by atoms with E-state index >= 15 is 0 Å². The fourth-order valence-electron chi connectivity index (χ4n) is 2.21. The van der Waals surface area contributed by atoms with Crippen LogP contribution in [-0.2, 0) is 6.42 Å². The van der Waals surface area contributed by atoms with Crippen LogP contribution in [0.1, 0.15) is 23.0 Å². The van der Waals surface area contributed by atoms with E-state index < -0.39 is 5.97 Å². The average Bonchev–Trinajstić information content (AvgIpc) is 2.92. The molecule has 1 aromatic heterocycles. The van der Waals surface area contributed by atoms with E-state index in [1.807, 2.05) is 23.9 Å². The number of carboxylic acid groups (broad SMARTS) is 1. The van der Waals surface area contributed by atoms with Crippen molar-refractivity contribution in [2.45, 2.75) is 23.5 Å². The van der Waals surface area contributed by atoms with Crippen molar-refractivity contribution < 1.29 is 9.90 Å². The number of thioether (sulfide) groups is 1. The summed E-state index contributed by atoms with van der Waals surface area (Å²) < 4.78 is 0. The summed E-state index contributed by atoms with van der Waals surface area (Å²) in [6.07, 6.45) is 1.06. The Labute approximate surface area is 108 Å². The number of fused-ring (bicyclic) bond motifs is 1. The monoisotopic (exact) mass is 260 g/mol. The maximum atomic E-state index is 10.9. The normalized spacial score (nSPS) is 17.7. The highest BCUT2D eigenvalue weighted by atomic mass is 32.2. The van der Waals surface area contributed by atoms with Gasteiger partial charge in [0.05, 0.1) is 5.69 Å². The average molecular weight is 260 g/mol. The topological polar surface area (TPSA) is 66.0 Å². The van der Waals surface area contributed by atoms with Crippen molar-refractivity contribution >= 4 is 17.7 Å². The van der Waals surface area contributed by atoms with E-state index in [4.69, 9.17) is 5.11 Å². The Hall–Kier alpha value is -1.75. The number of H-pyrrole nitrogens is 1. The summed E-state index contributed by atoms with van der Waals surface area (Å²) in [5.41, 5.74) is 3.17. The fourth-order valence-corrected chi connectivity index (χ4v) is 3.48. The molecule has 0 radical (unpaired) electrons. The van der Waals surface area contributed by atoms with Crippen molar-refractivity contribution in [3.63, 3.8) is 0 Å². The molecule has 92 valence electrons. The zero-order valence-corrected chi connectivity index (χ0v) is 10.6. The van der Waals surface area contributed by atoms with Gasteiger partial charge in [-0.2, -0.15) is 5.10 Å². The smallest absolute Gasteiger partial charge is 0.353 e. The van der Waals surface area contributed by atoms with Crippen molar-refractivity contribution in [3.05, 3.63) is 35.5 Å². The van der Waals surface area contributed by atoms with Gasteiger partial charge in [-0.3, -0.25) is 5.10 Å². The molecule has 0 fully saturated rings. The first kappa shape index (κ1) is 11.3. The minimum Gasteiger partial charge on any atom is -0.477 e. The highest BCUT2D eigenvalue weighted by Gasteiger charge is 2.23. The number of carbonyl (C=O) groups is 1. The van der Waals surface area contributed by atoms with E-state index in [2.05, 4.69) is 23.2 Å². The van der Waals surface area contributed by atoms with E-state index in [-0.39, 0.29) is 5.69 Å². The number of aromatic carboxylic acids is 1. The van der Waals surface area contributed by atoms with Gasteiger partial charge >= 0.3 is 5.97 Å². The summed E-state index contributed by atoms with van der Waals surface area (Å²) in [5, 5.41) is 16.1. The van der Waals surface area contributed by atoms with Crippen LogP contribution in [0.5, 0.6) is 0 Å². The largest absolute Gasteiger partial charge is 0.477 e. The lowest BCUT2D eigenvalue weighted by atomic mass is 10.0. The molecule has 5 heteroatoms. The Morgan fingerprint density at radius 1 is 1.56 bits per heavy atom. The van der Waals surface area contributed by atoms with Gasteiger partial charge in [-0.05, 0) is 18.1 Å². The third-order valence-electron chi connectivity index (χ3n) is 3.01. The van der Waals surface area contributed by atoms with E-state index in [0.717, 1.165) is 12.0 Å². The molecule has 2 heterocycles. The zero-order chi connectivity index (χ0) is 12.7. The molecule has 1 aliphatic heterocycles. The molecule has 1 aliphatic rings. The van der Waals surface area contributed by atoms with Crippen LogP contribution < -0.4 is 0 Å². The number of nitrogens with zero attached hydrogens (tertiary/aromatic N) is 1. The minimum absolute atomic E-state index is 0.124. The molecule has 0 saturated heterocycles. The van der Waals surface area contributed by atoms with Gasteiger partial charge < -0.3 is 5.11 Å². The van der Waals surface area contributed by atoms with E-state index in [1.165, 1.54) is 10.5 Å². The molecule has 2 aromatic rings. The fraction of sp³-hybridized carbons (Fsp3) is 0.231. The first-order chi connectivity index (χ1) is 8.65. The molecule has 4 nitrogen and oxygen atoms in total. The standard InChI is InChI=1S/C13H12N2O2S/c1-7-5-8-3-2-4-9(12(8)18-7)10-6-11(13(16)17)15-14-10/h2-4,6-7H,5H2,1H3,(H,14,15)(H,16,17). The van der Waals surface area contributed by atoms with E-state index in [0.29, 0.717) is 10.9 Å². The van der Waals surface area contributed by atoms with Gasteiger partial charge in [0.1, 0.15) is 5.69 Å². The summed E-state index contributed by atoms with van der Waals surface area (Å²) in [7, 11) is 0. The van der Waals surface area contributed by atoms with Crippen LogP contribution in [0.15, 0.2) is 29.2 Å². The predicted octanol–water partition coefficient (Wildman–Crippen LogP) is 2.81. The molecule has 3 rings (SSSR count). The van der Waals surface area contributed by atoms with Crippen LogP contribution in [0.2, 0.25) is 0 Å². The van der Waals surface area contributed by atoms with Gasteiger partial charge in [-0.1, -0.05) is 25.1 Å².